The van der Waals surface area contributed by atoms with Crippen LogP contribution in [0, 0.1) is 12.8 Å². The summed E-state index contributed by atoms with van der Waals surface area (Å²) in [5.41, 5.74) is 8.74. The summed E-state index contributed by atoms with van der Waals surface area (Å²) in [6.45, 7) is 4.44. The maximum Gasteiger partial charge on any atom is 0.0661 e. The van der Waals surface area contributed by atoms with Gasteiger partial charge in [-0.05, 0) is 37.3 Å². The van der Waals surface area contributed by atoms with Gasteiger partial charge in [-0.25, -0.2) is 0 Å². The topological polar surface area (TPSA) is 58.3 Å². The molecule has 1 fully saturated rings. The van der Waals surface area contributed by atoms with Gasteiger partial charge >= 0.3 is 0 Å². The average Bonchev–Trinajstić information content (AvgIpc) is 2.35. The Kier molecular flexibility index (Phi) is 3.81. The van der Waals surface area contributed by atoms with Gasteiger partial charge in [0.15, 0.2) is 0 Å². The summed E-state index contributed by atoms with van der Waals surface area (Å²) in [5, 5.41) is 13.3. The minimum absolute atomic E-state index is 0.171. The van der Waals surface area contributed by atoms with Crippen LogP contribution in [0.15, 0.2) is 18.2 Å². The summed E-state index contributed by atoms with van der Waals surface area (Å²) in [7, 11) is 0. The number of aryl methyl sites for hydroxylation is 1. The molecule has 2 unspecified atom stereocenters. The lowest BCUT2D eigenvalue weighted by molar-refractivity contribution is 0.149. The van der Waals surface area contributed by atoms with Gasteiger partial charge in [-0.2, -0.15) is 0 Å². The number of benzene rings is 1. The first-order valence-electron chi connectivity index (χ1n) is 6.80. The van der Waals surface area contributed by atoms with Crippen molar-refractivity contribution >= 4 is 11.4 Å². The zero-order valence-electron chi connectivity index (χ0n) is 11.4. The molecule has 1 aliphatic rings. The van der Waals surface area contributed by atoms with E-state index in [0.717, 1.165) is 29.8 Å². The highest BCUT2D eigenvalue weighted by atomic mass is 16.3. The number of aliphatic hydroxyl groups excluding tert-OH is 1. The van der Waals surface area contributed by atoms with E-state index in [-0.39, 0.29) is 12.1 Å². The fourth-order valence-electron chi connectivity index (χ4n) is 3.03. The third-order valence-corrected chi connectivity index (χ3v) is 4.12. The van der Waals surface area contributed by atoms with E-state index in [0.29, 0.717) is 5.92 Å². The van der Waals surface area contributed by atoms with Gasteiger partial charge in [0.1, 0.15) is 0 Å². The van der Waals surface area contributed by atoms with Crippen LogP contribution in [0.25, 0.3) is 0 Å². The number of anilines is 2. The molecule has 0 spiro atoms. The number of hydrogen-bond donors (Lipinski definition) is 3. The van der Waals surface area contributed by atoms with E-state index in [1.54, 1.807) is 0 Å². The van der Waals surface area contributed by atoms with Crippen LogP contribution in [-0.2, 0) is 0 Å². The zero-order chi connectivity index (χ0) is 13.2. The highest BCUT2D eigenvalue weighted by Crippen LogP contribution is 2.36. The molecule has 0 aromatic heterocycles. The molecule has 18 heavy (non-hydrogen) atoms. The Morgan fingerprint density at radius 3 is 2.94 bits per heavy atom. The summed E-state index contributed by atoms with van der Waals surface area (Å²) in [5.74, 6) is 0.657. The van der Waals surface area contributed by atoms with Crippen LogP contribution >= 0.6 is 0 Å². The number of rotatable bonds is 3. The van der Waals surface area contributed by atoms with Gasteiger partial charge in [0.2, 0.25) is 0 Å². The molecule has 1 aromatic carbocycles. The van der Waals surface area contributed by atoms with Crippen molar-refractivity contribution in [3.63, 3.8) is 0 Å². The number of nitrogens with two attached hydrogens (primary N) is 1. The summed E-state index contributed by atoms with van der Waals surface area (Å²) in [4.78, 5) is 0. The Labute approximate surface area is 109 Å². The average molecular weight is 248 g/mol. The number of nitrogen functional groups attached to an aromatic ring is 1. The van der Waals surface area contributed by atoms with E-state index < -0.39 is 0 Å². The summed E-state index contributed by atoms with van der Waals surface area (Å²) in [6.07, 6.45) is 4.45. The SMILES string of the molecule is Cc1cccc(NC2(CO)CCCC(C)C2)c1N. The fourth-order valence-corrected chi connectivity index (χ4v) is 3.03. The van der Waals surface area contributed by atoms with Crippen LogP contribution in [0.3, 0.4) is 0 Å². The van der Waals surface area contributed by atoms with Crippen LogP contribution in [-0.4, -0.2) is 17.3 Å². The number of para-hydroxylation sites is 1. The maximum absolute atomic E-state index is 9.78. The molecule has 2 rings (SSSR count). The molecule has 0 heterocycles. The molecular weight excluding hydrogens is 224 g/mol. The van der Waals surface area contributed by atoms with Crippen molar-refractivity contribution in [3.8, 4) is 0 Å². The van der Waals surface area contributed by atoms with Gasteiger partial charge in [-0.15, -0.1) is 0 Å². The summed E-state index contributed by atoms with van der Waals surface area (Å²) < 4.78 is 0. The van der Waals surface area contributed by atoms with E-state index >= 15 is 0 Å². The van der Waals surface area contributed by atoms with Crippen molar-refractivity contribution in [3.05, 3.63) is 23.8 Å². The minimum Gasteiger partial charge on any atom is -0.397 e. The van der Waals surface area contributed by atoms with Gasteiger partial charge in [-0.3, -0.25) is 0 Å². The maximum atomic E-state index is 9.78. The summed E-state index contributed by atoms with van der Waals surface area (Å²) in [6, 6.07) is 6.01. The molecule has 1 saturated carbocycles. The van der Waals surface area contributed by atoms with Crippen LogP contribution in [0.1, 0.15) is 38.2 Å². The molecule has 3 heteroatoms. The van der Waals surface area contributed by atoms with Gasteiger partial charge < -0.3 is 16.2 Å². The lowest BCUT2D eigenvalue weighted by atomic mass is 9.76. The lowest BCUT2D eigenvalue weighted by Gasteiger charge is -2.40. The summed E-state index contributed by atoms with van der Waals surface area (Å²) >= 11 is 0. The third-order valence-electron chi connectivity index (χ3n) is 4.12. The Morgan fingerprint density at radius 2 is 2.28 bits per heavy atom. The lowest BCUT2D eigenvalue weighted by Crippen LogP contribution is -2.46. The first-order chi connectivity index (χ1) is 8.56. The van der Waals surface area contributed by atoms with E-state index in [1.807, 2.05) is 25.1 Å². The van der Waals surface area contributed by atoms with E-state index in [2.05, 4.69) is 12.2 Å². The van der Waals surface area contributed by atoms with Crippen LogP contribution in [0.4, 0.5) is 11.4 Å². The monoisotopic (exact) mass is 248 g/mol. The van der Waals surface area contributed by atoms with Gasteiger partial charge in [0.05, 0.1) is 23.5 Å². The normalized spacial score (nSPS) is 28.1. The quantitative estimate of drug-likeness (QED) is 0.721. The van der Waals surface area contributed by atoms with Crippen molar-refractivity contribution in [2.75, 3.05) is 17.7 Å². The molecule has 1 aromatic rings. The minimum atomic E-state index is -0.195. The Bertz CT molecular complexity index is 419. The third kappa shape index (κ3) is 2.61. The smallest absolute Gasteiger partial charge is 0.0661 e. The van der Waals surface area contributed by atoms with Crippen LogP contribution < -0.4 is 11.1 Å². The first-order valence-corrected chi connectivity index (χ1v) is 6.80. The van der Waals surface area contributed by atoms with Crippen molar-refractivity contribution < 1.29 is 5.11 Å². The van der Waals surface area contributed by atoms with Gasteiger partial charge in [0, 0.05) is 0 Å². The second kappa shape index (κ2) is 5.19. The van der Waals surface area contributed by atoms with Crippen LogP contribution in [0.2, 0.25) is 0 Å². The standard InChI is InChI=1S/C15H24N2O/c1-11-5-4-8-15(9-11,10-18)17-13-7-3-6-12(2)14(13)16/h3,6-7,11,17-18H,4-5,8-10,16H2,1-2H3. The number of nitrogens with one attached hydrogen (secondary N) is 1. The molecule has 4 N–H and O–H groups in total. The molecule has 0 saturated heterocycles. The van der Waals surface area contributed by atoms with Crippen molar-refractivity contribution in [1.29, 1.82) is 0 Å². The predicted octanol–water partition coefficient (Wildman–Crippen LogP) is 2.93. The molecule has 3 nitrogen and oxygen atoms in total. The molecule has 100 valence electrons. The van der Waals surface area contributed by atoms with Gasteiger partial charge in [0.25, 0.3) is 0 Å². The van der Waals surface area contributed by atoms with Gasteiger partial charge in [-0.1, -0.05) is 31.9 Å². The number of aliphatic hydroxyl groups is 1. The second-order valence-corrected chi connectivity index (χ2v) is 5.80. The number of hydrogen-bond acceptors (Lipinski definition) is 3. The van der Waals surface area contributed by atoms with Crippen molar-refractivity contribution in [1.82, 2.24) is 0 Å². The molecule has 0 radical (unpaired) electrons. The molecule has 1 aliphatic carbocycles. The Balaban J connectivity index is 2.22. The van der Waals surface area contributed by atoms with Crippen LogP contribution in [0.5, 0.6) is 0 Å². The van der Waals surface area contributed by atoms with E-state index in [4.69, 9.17) is 5.73 Å². The van der Waals surface area contributed by atoms with Crippen molar-refractivity contribution in [2.45, 2.75) is 45.1 Å². The largest absolute Gasteiger partial charge is 0.397 e. The molecule has 0 amide bonds. The highest BCUT2D eigenvalue weighted by molar-refractivity contribution is 5.70. The van der Waals surface area contributed by atoms with E-state index in [1.165, 1.54) is 12.8 Å². The Morgan fingerprint density at radius 1 is 1.50 bits per heavy atom. The zero-order valence-corrected chi connectivity index (χ0v) is 11.4. The molecular formula is C15H24N2O. The highest BCUT2D eigenvalue weighted by Gasteiger charge is 2.34. The molecule has 0 aliphatic heterocycles. The Hall–Kier alpha value is -1.22. The van der Waals surface area contributed by atoms with E-state index in [9.17, 15) is 5.11 Å². The molecule has 2 atom stereocenters. The first kappa shape index (κ1) is 13.2. The second-order valence-electron chi connectivity index (χ2n) is 5.80. The molecule has 0 bridgehead atoms. The predicted molar refractivity (Wildman–Crippen MR) is 76.7 cm³/mol. The van der Waals surface area contributed by atoms with Crippen molar-refractivity contribution in [2.24, 2.45) is 5.92 Å². The fraction of sp³-hybridized carbons (Fsp3) is 0.600.